The number of hydrogen-bond donors (Lipinski definition) is 1. The molecule has 0 aliphatic rings. The number of benzene rings is 1. The molecule has 0 amide bonds. The highest BCUT2D eigenvalue weighted by atomic mass is 16.5. The third kappa shape index (κ3) is 2.32. The van der Waals surface area contributed by atoms with Gasteiger partial charge in [-0.05, 0) is 12.5 Å². The zero-order valence-electron chi connectivity index (χ0n) is 7.58. The summed E-state index contributed by atoms with van der Waals surface area (Å²) in [5, 5.41) is 0. The van der Waals surface area contributed by atoms with Crippen molar-refractivity contribution in [1.82, 2.24) is 0 Å². The molecule has 0 radical (unpaired) electrons. The maximum absolute atomic E-state index is 5.85. The molecule has 0 bridgehead atoms. The van der Waals surface area contributed by atoms with Crippen LogP contribution < -0.4 is 5.73 Å². The van der Waals surface area contributed by atoms with Gasteiger partial charge in [-0.25, -0.2) is 0 Å². The zero-order valence-corrected chi connectivity index (χ0v) is 7.58. The van der Waals surface area contributed by atoms with Gasteiger partial charge in [-0.2, -0.15) is 0 Å². The van der Waals surface area contributed by atoms with Crippen LogP contribution in [0.15, 0.2) is 24.3 Å². The van der Waals surface area contributed by atoms with Crippen LogP contribution in [-0.4, -0.2) is 13.7 Å². The summed E-state index contributed by atoms with van der Waals surface area (Å²) in [5.74, 6) is 0. The Bertz CT molecular complexity index is 247. The first-order valence-electron chi connectivity index (χ1n) is 4.05. The number of rotatable bonds is 3. The molecule has 1 atom stereocenters. The fraction of sp³-hybridized carbons (Fsp3) is 0.400. The van der Waals surface area contributed by atoms with Gasteiger partial charge in [-0.1, -0.05) is 29.8 Å². The average Bonchev–Trinajstić information content (AvgIpc) is 2.05. The van der Waals surface area contributed by atoms with Gasteiger partial charge >= 0.3 is 0 Å². The van der Waals surface area contributed by atoms with Crippen molar-refractivity contribution in [3.63, 3.8) is 0 Å². The standard InChI is InChI=1S/C10H15NO/c1-8-4-3-5-9(6-8)10(11)7-12-2/h3-6,10H,7,11H2,1-2H3/t10-/m1/s1. The van der Waals surface area contributed by atoms with Crippen LogP contribution in [0.2, 0.25) is 0 Å². The van der Waals surface area contributed by atoms with E-state index in [1.165, 1.54) is 5.56 Å². The molecule has 0 spiro atoms. The minimum Gasteiger partial charge on any atom is -0.383 e. The second kappa shape index (κ2) is 4.24. The lowest BCUT2D eigenvalue weighted by Crippen LogP contribution is -2.15. The summed E-state index contributed by atoms with van der Waals surface area (Å²) in [6, 6.07) is 8.18. The Morgan fingerprint density at radius 2 is 2.25 bits per heavy atom. The molecular weight excluding hydrogens is 150 g/mol. The highest BCUT2D eigenvalue weighted by Crippen LogP contribution is 2.11. The molecule has 0 aromatic heterocycles. The van der Waals surface area contributed by atoms with E-state index in [1.54, 1.807) is 7.11 Å². The van der Waals surface area contributed by atoms with Crippen molar-refractivity contribution in [1.29, 1.82) is 0 Å². The van der Waals surface area contributed by atoms with Gasteiger partial charge in [-0.3, -0.25) is 0 Å². The Kier molecular flexibility index (Phi) is 3.26. The Labute approximate surface area is 73.3 Å². The molecule has 0 saturated heterocycles. The number of aryl methyl sites for hydroxylation is 1. The van der Waals surface area contributed by atoms with Crippen LogP contribution >= 0.6 is 0 Å². The molecule has 2 N–H and O–H groups in total. The summed E-state index contributed by atoms with van der Waals surface area (Å²) in [6.07, 6.45) is 0. The van der Waals surface area contributed by atoms with E-state index in [0.29, 0.717) is 6.61 Å². The molecule has 1 aromatic rings. The van der Waals surface area contributed by atoms with E-state index in [9.17, 15) is 0 Å². The summed E-state index contributed by atoms with van der Waals surface area (Å²) in [4.78, 5) is 0. The molecule has 0 unspecified atom stereocenters. The van der Waals surface area contributed by atoms with Gasteiger partial charge in [0.1, 0.15) is 0 Å². The van der Waals surface area contributed by atoms with Gasteiger partial charge in [0.05, 0.1) is 12.6 Å². The summed E-state index contributed by atoms with van der Waals surface area (Å²) < 4.78 is 4.97. The molecule has 12 heavy (non-hydrogen) atoms. The van der Waals surface area contributed by atoms with Crippen LogP contribution in [0.5, 0.6) is 0 Å². The molecule has 66 valence electrons. The van der Waals surface area contributed by atoms with Crippen LogP contribution in [-0.2, 0) is 4.74 Å². The molecule has 1 rings (SSSR count). The Hall–Kier alpha value is -0.860. The van der Waals surface area contributed by atoms with E-state index in [4.69, 9.17) is 10.5 Å². The molecule has 0 heterocycles. The molecule has 0 aliphatic heterocycles. The molecule has 2 heteroatoms. The van der Waals surface area contributed by atoms with Gasteiger partial charge in [0, 0.05) is 7.11 Å². The second-order valence-corrected chi connectivity index (χ2v) is 2.98. The van der Waals surface area contributed by atoms with Crippen molar-refractivity contribution in [2.75, 3.05) is 13.7 Å². The summed E-state index contributed by atoms with van der Waals surface area (Å²) in [5.41, 5.74) is 8.22. The van der Waals surface area contributed by atoms with Crippen molar-refractivity contribution < 1.29 is 4.74 Å². The largest absolute Gasteiger partial charge is 0.383 e. The first-order valence-corrected chi connectivity index (χ1v) is 4.05. The molecule has 0 saturated carbocycles. The lowest BCUT2D eigenvalue weighted by molar-refractivity contribution is 0.181. The minimum atomic E-state index is -0.00472. The second-order valence-electron chi connectivity index (χ2n) is 2.98. The van der Waals surface area contributed by atoms with Crippen LogP contribution in [0.1, 0.15) is 17.2 Å². The zero-order chi connectivity index (χ0) is 8.97. The lowest BCUT2D eigenvalue weighted by atomic mass is 10.1. The maximum Gasteiger partial charge on any atom is 0.0655 e. The van der Waals surface area contributed by atoms with Gasteiger partial charge < -0.3 is 10.5 Å². The first kappa shape index (κ1) is 9.23. The summed E-state index contributed by atoms with van der Waals surface area (Å²) >= 11 is 0. The predicted molar refractivity (Wildman–Crippen MR) is 50.0 cm³/mol. The summed E-state index contributed by atoms with van der Waals surface area (Å²) in [7, 11) is 1.66. The van der Waals surface area contributed by atoms with Crippen molar-refractivity contribution in [3.05, 3.63) is 35.4 Å². The molecule has 0 aliphatic carbocycles. The number of ether oxygens (including phenoxy) is 1. The highest BCUT2D eigenvalue weighted by molar-refractivity contribution is 5.24. The minimum absolute atomic E-state index is 0.00472. The van der Waals surface area contributed by atoms with E-state index < -0.39 is 0 Å². The van der Waals surface area contributed by atoms with Gasteiger partial charge in [0.15, 0.2) is 0 Å². The third-order valence-electron chi connectivity index (χ3n) is 1.82. The van der Waals surface area contributed by atoms with Crippen molar-refractivity contribution >= 4 is 0 Å². The van der Waals surface area contributed by atoms with Crippen molar-refractivity contribution in [3.8, 4) is 0 Å². The van der Waals surface area contributed by atoms with E-state index >= 15 is 0 Å². The Morgan fingerprint density at radius 3 is 2.83 bits per heavy atom. The lowest BCUT2D eigenvalue weighted by Gasteiger charge is -2.10. The quantitative estimate of drug-likeness (QED) is 0.739. The van der Waals surface area contributed by atoms with E-state index in [0.717, 1.165) is 5.56 Å². The van der Waals surface area contributed by atoms with Crippen molar-refractivity contribution in [2.45, 2.75) is 13.0 Å². The first-order chi connectivity index (χ1) is 5.74. The fourth-order valence-electron chi connectivity index (χ4n) is 1.18. The number of hydrogen-bond acceptors (Lipinski definition) is 2. The average molecular weight is 165 g/mol. The van der Waals surface area contributed by atoms with Crippen LogP contribution in [0.3, 0.4) is 0 Å². The van der Waals surface area contributed by atoms with E-state index in [1.807, 2.05) is 12.1 Å². The third-order valence-corrected chi connectivity index (χ3v) is 1.82. The topological polar surface area (TPSA) is 35.2 Å². The summed E-state index contributed by atoms with van der Waals surface area (Å²) in [6.45, 7) is 2.63. The Balaban J connectivity index is 2.73. The molecule has 1 aromatic carbocycles. The van der Waals surface area contributed by atoms with Gasteiger partial charge in [0.25, 0.3) is 0 Å². The maximum atomic E-state index is 5.85. The molecular formula is C10H15NO. The van der Waals surface area contributed by atoms with Gasteiger partial charge in [-0.15, -0.1) is 0 Å². The van der Waals surface area contributed by atoms with E-state index in [2.05, 4.69) is 19.1 Å². The highest BCUT2D eigenvalue weighted by Gasteiger charge is 2.03. The van der Waals surface area contributed by atoms with Crippen molar-refractivity contribution in [2.24, 2.45) is 5.73 Å². The van der Waals surface area contributed by atoms with Crippen LogP contribution in [0.25, 0.3) is 0 Å². The van der Waals surface area contributed by atoms with Crippen LogP contribution in [0.4, 0.5) is 0 Å². The van der Waals surface area contributed by atoms with Crippen LogP contribution in [0, 0.1) is 6.92 Å². The van der Waals surface area contributed by atoms with E-state index in [-0.39, 0.29) is 6.04 Å². The normalized spacial score (nSPS) is 12.9. The predicted octanol–water partition coefficient (Wildman–Crippen LogP) is 1.64. The number of methoxy groups -OCH3 is 1. The SMILES string of the molecule is COC[C@@H](N)c1cccc(C)c1. The molecule has 0 fully saturated rings. The fourth-order valence-corrected chi connectivity index (χ4v) is 1.18. The monoisotopic (exact) mass is 165 g/mol. The number of nitrogens with two attached hydrogens (primary N) is 1. The Morgan fingerprint density at radius 1 is 1.50 bits per heavy atom. The van der Waals surface area contributed by atoms with Gasteiger partial charge in [0.2, 0.25) is 0 Å². The molecule has 2 nitrogen and oxygen atoms in total. The smallest absolute Gasteiger partial charge is 0.0655 e.